The third kappa shape index (κ3) is 9.66. The number of nitrogens with one attached hydrogen (secondary N) is 2. The molecule has 6 nitrogen and oxygen atoms in total. The largest absolute Gasteiger partial charge is 0.354 e. The van der Waals surface area contributed by atoms with Gasteiger partial charge in [-0.2, -0.15) is 0 Å². The minimum absolute atomic E-state index is 0. The summed E-state index contributed by atoms with van der Waals surface area (Å²) >= 11 is 0. The summed E-state index contributed by atoms with van der Waals surface area (Å²) in [5.74, 6) is 0.697. The number of carbonyl (C=O) groups is 2. The van der Waals surface area contributed by atoms with Crippen molar-refractivity contribution in [1.29, 1.82) is 0 Å². The molecule has 1 aliphatic rings. The molecule has 0 spiro atoms. The fraction of sp³-hybridized carbons (Fsp3) is 0.875. The van der Waals surface area contributed by atoms with Gasteiger partial charge in [-0.25, -0.2) is 4.79 Å². The van der Waals surface area contributed by atoms with Crippen molar-refractivity contribution >= 4 is 24.3 Å². The van der Waals surface area contributed by atoms with Crippen LogP contribution in [0.25, 0.3) is 0 Å². The Bertz CT molecular complexity index is 383. The number of hydrogen-bond acceptors (Lipinski definition) is 3. The molecule has 0 bridgehead atoms. The van der Waals surface area contributed by atoms with E-state index in [0.29, 0.717) is 32.0 Å². The van der Waals surface area contributed by atoms with Gasteiger partial charge < -0.3 is 21.3 Å². The summed E-state index contributed by atoms with van der Waals surface area (Å²) in [6.45, 7) is 10.5. The predicted octanol–water partition coefficient (Wildman–Crippen LogP) is 1.73. The van der Waals surface area contributed by atoms with Crippen molar-refractivity contribution in [1.82, 2.24) is 15.5 Å². The SMILES string of the molecule is CC(C)CNC(=O)N1CCCC(CC(=O)NCC(C)(C)N)C1.Cl. The van der Waals surface area contributed by atoms with Crippen molar-refractivity contribution in [2.75, 3.05) is 26.2 Å². The van der Waals surface area contributed by atoms with Gasteiger partial charge in [0.05, 0.1) is 0 Å². The van der Waals surface area contributed by atoms with E-state index in [0.717, 1.165) is 19.4 Å². The summed E-state index contributed by atoms with van der Waals surface area (Å²) < 4.78 is 0. The first-order valence-electron chi connectivity index (χ1n) is 8.25. The first-order valence-corrected chi connectivity index (χ1v) is 8.25. The van der Waals surface area contributed by atoms with Gasteiger partial charge in [0, 0.05) is 38.1 Å². The summed E-state index contributed by atoms with van der Waals surface area (Å²) in [5.41, 5.74) is 5.46. The van der Waals surface area contributed by atoms with Crippen LogP contribution in [-0.4, -0.2) is 48.6 Å². The lowest BCUT2D eigenvalue weighted by atomic mass is 9.94. The Morgan fingerprint density at radius 3 is 2.52 bits per heavy atom. The zero-order valence-electron chi connectivity index (χ0n) is 14.9. The highest BCUT2D eigenvalue weighted by atomic mass is 35.5. The van der Waals surface area contributed by atoms with E-state index in [1.807, 2.05) is 18.7 Å². The van der Waals surface area contributed by atoms with Crippen molar-refractivity contribution in [3.8, 4) is 0 Å². The number of likely N-dealkylation sites (tertiary alicyclic amines) is 1. The highest BCUT2D eigenvalue weighted by Crippen LogP contribution is 2.19. The molecule has 7 heteroatoms. The summed E-state index contributed by atoms with van der Waals surface area (Å²) in [4.78, 5) is 25.9. The number of nitrogens with zero attached hydrogens (tertiary/aromatic N) is 1. The number of urea groups is 1. The maximum atomic E-state index is 12.1. The fourth-order valence-corrected chi connectivity index (χ4v) is 2.48. The quantitative estimate of drug-likeness (QED) is 0.683. The Morgan fingerprint density at radius 2 is 1.96 bits per heavy atom. The molecule has 1 fully saturated rings. The summed E-state index contributed by atoms with van der Waals surface area (Å²) in [7, 11) is 0. The summed E-state index contributed by atoms with van der Waals surface area (Å²) in [5, 5.41) is 5.81. The average Bonchev–Trinajstić information content (AvgIpc) is 2.42. The number of carbonyl (C=O) groups excluding carboxylic acids is 2. The van der Waals surface area contributed by atoms with E-state index in [2.05, 4.69) is 24.5 Å². The molecule has 0 saturated carbocycles. The third-order valence-corrected chi connectivity index (χ3v) is 3.68. The highest BCUT2D eigenvalue weighted by Gasteiger charge is 2.25. The van der Waals surface area contributed by atoms with Crippen molar-refractivity contribution in [3.63, 3.8) is 0 Å². The number of rotatable bonds is 6. The maximum Gasteiger partial charge on any atom is 0.317 e. The van der Waals surface area contributed by atoms with Gasteiger partial charge in [0.2, 0.25) is 5.91 Å². The van der Waals surface area contributed by atoms with Crippen molar-refractivity contribution in [2.24, 2.45) is 17.6 Å². The van der Waals surface area contributed by atoms with E-state index in [4.69, 9.17) is 5.73 Å². The number of piperidine rings is 1. The van der Waals surface area contributed by atoms with Gasteiger partial charge in [0.15, 0.2) is 0 Å². The molecule has 0 aromatic rings. The summed E-state index contributed by atoms with van der Waals surface area (Å²) in [6, 6.07) is -0.0121. The molecule has 0 aromatic carbocycles. The molecule has 1 heterocycles. The Hall–Kier alpha value is -1.01. The molecule has 4 N–H and O–H groups in total. The van der Waals surface area contributed by atoms with Crippen molar-refractivity contribution in [2.45, 2.75) is 52.5 Å². The van der Waals surface area contributed by atoms with Crippen molar-refractivity contribution in [3.05, 3.63) is 0 Å². The third-order valence-electron chi connectivity index (χ3n) is 3.68. The molecular formula is C16H33ClN4O2. The van der Waals surface area contributed by atoms with Gasteiger partial charge in [0.25, 0.3) is 0 Å². The van der Waals surface area contributed by atoms with E-state index in [1.54, 1.807) is 0 Å². The second-order valence-electron chi connectivity index (χ2n) is 7.50. The molecule has 0 aromatic heterocycles. The van der Waals surface area contributed by atoms with Gasteiger partial charge in [-0.05, 0) is 38.5 Å². The van der Waals surface area contributed by atoms with Gasteiger partial charge in [-0.1, -0.05) is 13.8 Å². The first kappa shape index (κ1) is 22.0. The van der Waals surface area contributed by atoms with E-state index in [-0.39, 0.29) is 30.3 Å². The highest BCUT2D eigenvalue weighted by molar-refractivity contribution is 5.85. The van der Waals surface area contributed by atoms with Crippen LogP contribution < -0.4 is 16.4 Å². The van der Waals surface area contributed by atoms with Gasteiger partial charge >= 0.3 is 6.03 Å². The van der Waals surface area contributed by atoms with Gasteiger partial charge in [-0.15, -0.1) is 12.4 Å². The molecule has 3 amide bonds. The number of halogens is 1. The molecule has 1 rings (SSSR count). The minimum Gasteiger partial charge on any atom is -0.354 e. The van der Waals surface area contributed by atoms with E-state index < -0.39 is 5.54 Å². The Balaban J connectivity index is 0.00000484. The number of hydrogen-bond donors (Lipinski definition) is 3. The van der Waals surface area contributed by atoms with Crippen molar-refractivity contribution < 1.29 is 9.59 Å². The molecule has 1 unspecified atom stereocenters. The molecule has 23 heavy (non-hydrogen) atoms. The smallest absolute Gasteiger partial charge is 0.317 e. The first-order chi connectivity index (χ1) is 10.2. The molecular weight excluding hydrogens is 316 g/mol. The Kier molecular flexibility index (Phi) is 9.54. The maximum absolute atomic E-state index is 12.1. The normalized spacial score (nSPS) is 18.3. The zero-order chi connectivity index (χ0) is 16.8. The van der Waals surface area contributed by atoms with Crippen LogP contribution in [0.3, 0.4) is 0 Å². The van der Waals surface area contributed by atoms with Crippen LogP contribution >= 0.6 is 12.4 Å². The van der Waals surface area contributed by atoms with Gasteiger partial charge in [-0.3, -0.25) is 4.79 Å². The minimum atomic E-state index is -0.398. The second kappa shape index (κ2) is 9.98. The van der Waals surface area contributed by atoms with Crippen LogP contribution in [0.15, 0.2) is 0 Å². The van der Waals surface area contributed by atoms with Crippen LogP contribution in [0, 0.1) is 11.8 Å². The topological polar surface area (TPSA) is 87.5 Å². The molecule has 0 aliphatic carbocycles. The predicted molar refractivity (Wildman–Crippen MR) is 95.7 cm³/mol. The second-order valence-corrected chi connectivity index (χ2v) is 7.50. The zero-order valence-corrected chi connectivity index (χ0v) is 15.7. The molecule has 0 radical (unpaired) electrons. The molecule has 1 atom stereocenters. The van der Waals surface area contributed by atoms with Crippen LogP contribution in [0.2, 0.25) is 0 Å². The number of amides is 3. The average molecular weight is 349 g/mol. The monoisotopic (exact) mass is 348 g/mol. The van der Waals surface area contributed by atoms with Gasteiger partial charge in [0.1, 0.15) is 0 Å². The van der Waals surface area contributed by atoms with Crippen LogP contribution in [0.4, 0.5) is 4.79 Å². The van der Waals surface area contributed by atoms with Crippen LogP contribution in [-0.2, 0) is 4.79 Å². The standard InChI is InChI=1S/C16H32N4O2.ClH/c1-12(2)9-18-15(22)20-7-5-6-13(10-20)8-14(21)19-11-16(3,4)17;/h12-13H,5-11,17H2,1-4H3,(H,18,22)(H,19,21);1H. The Morgan fingerprint density at radius 1 is 1.30 bits per heavy atom. The number of nitrogens with two attached hydrogens (primary N) is 1. The summed E-state index contributed by atoms with van der Waals surface area (Å²) in [6.07, 6.45) is 2.41. The lowest BCUT2D eigenvalue weighted by molar-refractivity contribution is -0.122. The molecule has 136 valence electrons. The van der Waals surface area contributed by atoms with E-state index in [9.17, 15) is 9.59 Å². The van der Waals surface area contributed by atoms with Crippen LogP contribution in [0.5, 0.6) is 0 Å². The lowest BCUT2D eigenvalue weighted by Gasteiger charge is -2.33. The Labute approximate surface area is 146 Å². The van der Waals surface area contributed by atoms with E-state index in [1.165, 1.54) is 0 Å². The molecule has 1 saturated heterocycles. The lowest BCUT2D eigenvalue weighted by Crippen LogP contribution is -2.48. The fourth-order valence-electron chi connectivity index (χ4n) is 2.48. The van der Waals surface area contributed by atoms with E-state index >= 15 is 0 Å². The van der Waals surface area contributed by atoms with Crippen LogP contribution in [0.1, 0.15) is 47.0 Å². The molecule has 1 aliphatic heterocycles.